The molecule has 1 aromatic carbocycles. The van der Waals surface area contributed by atoms with E-state index in [9.17, 15) is 0 Å². The Morgan fingerprint density at radius 2 is 2.06 bits per heavy atom. The van der Waals surface area contributed by atoms with Gasteiger partial charge in [-0.15, -0.1) is 11.3 Å². The largest absolute Gasteiger partial charge is 0.486 e. The summed E-state index contributed by atoms with van der Waals surface area (Å²) >= 11 is 7.39. The van der Waals surface area contributed by atoms with Crippen molar-refractivity contribution in [3.63, 3.8) is 0 Å². The molecular formula is C13H14ClNOS. The predicted molar refractivity (Wildman–Crippen MR) is 74.0 cm³/mol. The molecule has 0 unspecified atom stereocenters. The van der Waals surface area contributed by atoms with Crippen LogP contribution in [0.15, 0.2) is 24.3 Å². The van der Waals surface area contributed by atoms with Crippen molar-refractivity contribution in [1.82, 2.24) is 0 Å². The van der Waals surface area contributed by atoms with Gasteiger partial charge in [0.2, 0.25) is 0 Å². The lowest BCUT2D eigenvalue weighted by Crippen LogP contribution is -2.00. The number of nitrogen functional groups attached to an aromatic ring is 1. The third kappa shape index (κ3) is 2.93. The molecule has 2 N–H and O–H groups in total. The van der Waals surface area contributed by atoms with Gasteiger partial charge in [-0.25, -0.2) is 0 Å². The summed E-state index contributed by atoms with van der Waals surface area (Å²) in [4.78, 5) is 1.09. The number of hydrogen-bond acceptors (Lipinski definition) is 3. The minimum absolute atomic E-state index is 0.505. The summed E-state index contributed by atoms with van der Waals surface area (Å²) < 4.78 is 6.52. The molecule has 0 bridgehead atoms. The second kappa shape index (κ2) is 4.98. The Bertz CT molecular complexity index is 513. The Kier molecular flexibility index (Phi) is 3.60. The number of nitrogens with two attached hydrogens (primary N) is 1. The molecule has 2 nitrogen and oxygen atoms in total. The van der Waals surface area contributed by atoms with Crippen LogP contribution in [0.25, 0.3) is 0 Å². The van der Waals surface area contributed by atoms with Crippen LogP contribution < -0.4 is 10.5 Å². The average molecular weight is 268 g/mol. The summed E-state index contributed by atoms with van der Waals surface area (Å²) in [6, 6.07) is 7.82. The number of rotatable bonds is 3. The fourth-order valence-corrected chi connectivity index (χ4v) is 2.76. The Hall–Kier alpha value is -1.19. The van der Waals surface area contributed by atoms with Crippen LogP contribution in [-0.2, 0) is 6.61 Å². The van der Waals surface area contributed by atoms with E-state index in [4.69, 9.17) is 22.1 Å². The molecule has 1 aromatic heterocycles. The molecule has 4 heteroatoms. The number of hydrogen-bond donors (Lipinski definition) is 1. The third-order valence-electron chi connectivity index (χ3n) is 2.44. The highest BCUT2D eigenvalue weighted by Crippen LogP contribution is 2.29. The zero-order valence-electron chi connectivity index (χ0n) is 9.79. The van der Waals surface area contributed by atoms with Crippen LogP contribution >= 0.6 is 22.9 Å². The predicted octanol–water partition coefficient (Wildman–Crippen LogP) is 4.18. The van der Waals surface area contributed by atoms with Gasteiger partial charge in [0.05, 0.1) is 10.0 Å². The normalized spacial score (nSPS) is 10.5. The lowest BCUT2D eigenvalue weighted by Gasteiger charge is -2.11. The van der Waals surface area contributed by atoms with Crippen molar-refractivity contribution in [3.8, 4) is 5.75 Å². The van der Waals surface area contributed by atoms with E-state index in [1.807, 2.05) is 32.0 Å². The quantitative estimate of drug-likeness (QED) is 0.847. The minimum atomic E-state index is 0.505. The van der Waals surface area contributed by atoms with Crippen molar-refractivity contribution in [3.05, 3.63) is 44.6 Å². The van der Waals surface area contributed by atoms with Crippen LogP contribution in [0.3, 0.4) is 0 Å². The zero-order chi connectivity index (χ0) is 12.4. The van der Waals surface area contributed by atoms with E-state index in [-0.39, 0.29) is 0 Å². The number of benzene rings is 1. The van der Waals surface area contributed by atoms with Gasteiger partial charge in [0.15, 0.2) is 0 Å². The van der Waals surface area contributed by atoms with Gasteiger partial charge in [-0.05, 0) is 43.2 Å². The van der Waals surface area contributed by atoms with E-state index in [0.29, 0.717) is 12.3 Å². The second-order valence-electron chi connectivity index (χ2n) is 3.99. The number of halogens is 1. The first kappa shape index (κ1) is 12.3. The van der Waals surface area contributed by atoms with Crippen molar-refractivity contribution in [1.29, 1.82) is 0 Å². The molecule has 0 saturated carbocycles. The maximum Gasteiger partial charge on any atom is 0.145 e. The van der Waals surface area contributed by atoms with Gasteiger partial charge in [-0.2, -0.15) is 0 Å². The number of anilines is 1. The van der Waals surface area contributed by atoms with Crippen LogP contribution in [0.4, 0.5) is 5.69 Å². The van der Waals surface area contributed by atoms with Gasteiger partial charge in [0.1, 0.15) is 12.4 Å². The zero-order valence-corrected chi connectivity index (χ0v) is 11.4. The minimum Gasteiger partial charge on any atom is -0.486 e. The maximum atomic E-state index is 5.94. The second-order valence-corrected chi connectivity index (χ2v) is 5.79. The number of ether oxygens (including phenoxy) is 1. The Morgan fingerprint density at radius 3 is 2.65 bits per heavy atom. The van der Waals surface area contributed by atoms with Crippen LogP contribution in [-0.4, -0.2) is 0 Å². The van der Waals surface area contributed by atoms with Crippen LogP contribution in [0, 0.1) is 13.8 Å². The highest BCUT2D eigenvalue weighted by atomic mass is 35.5. The van der Waals surface area contributed by atoms with Gasteiger partial charge in [0, 0.05) is 4.88 Å². The van der Waals surface area contributed by atoms with E-state index in [2.05, 4.69) is 6.07 Å². The average Bonchev–Trinajstić information content (AvgIpc) is 2.62. The van der Waals surface area contributed by atoms with Crippen LogP contribution in [0.1, 0.15) is 16.0 Å². The smallest absolute Gasteiger partial charge is 0.145 e. The molecule has 90 valence electrons. The number of aryl methyl sites for hydroxylation is 2. The van der Waals surface area contributed by atoms with Gasteiger partial charge in [-0.1, -0.05) is 17.7 Å². The molecule has 0 radical (unpaired) electrons. The topological polar surface area (TPSA) is 35.2 Å². The molecule has 17 heavy (non-hydrogen) atoms. The first-order valence-corrected chi connectivity index (χ1v) is 6.49. The molecule has 0 aliphatic rings. The summed E-state index contributed by atoms with van der Waals surface area (Å²) in [5, 5.41) is 0. The van der Waals surface area contributed by atoms with E-state index in [1.165, 1.54) is 11.3 Å². The molecule has 0 amide bonds. The van der Waals surface area contributed by atoms with Crippen molar-refractivity contribution in [2.75, 3.05) is 5.73 Å². The summed E-state index contributed by atoms with van der Waals surface area (Å²) in [6.07, 6.45) is 0. The molecule has 0 aliphatic heterocycles. The fraction of sp³-hybridized carbons (Fsp3) is 0.231. The summed E-state index contributed by atoms with van der Waals surface area (Å²) in [6.45, 7) is 4.53. The molecule has 1 heterocycles. The maximum absolute atomic E-state index is 5.94. The van der Waals surface area contributed by atoms with Crippen LogP contribution in [0.5, 0.6) is 5.75 Å². The molecule has 0 fully saturated rings. The first-order chi connectivity index (χ1) is 8.06. The van der Waals surface area contributed by atoms with Crippen molar-refractivity contribution in [2.45, 2.75) is 20.5 Å². The van der Waals surface area contributed by atoms with Gasteiger partial charge in [-0.3, -0.25) is 0 Å². The molecule has 2 rings (SSSR count). The summed E-state index contributed by atoms with van der Waals surface area (Å²) in [5.41, 5.74) is 8.83. The van der Waals surface area contributed by atoms with Gasteiger partial charge < -0.3 is 10.5 Å². The van der Waals surface area contributed by atoms with Crippen molar-refractivity contribution in [2.24, 2.45) is 0 Å². The summed E-state index contributed by atoms with van der Waals surface area (Å²) in [7, 11) is 0. The third-order valence-corrected chi connectivity index (χ3v) is 3.64. The Morgan fingerprint density at radius 1 is 1.29 bits per heavy atom. The molecule has 0 atom stereocenters. The van der Waals surface area contributed by atoms with Crippen LogP contribution in [0.2, 0.25) is 4.34 Å². The van der Waals surface area contributed by atoms with E-state index in [1.54, 1.807) is 0 Å². The first-order valence-electron chi connectivity index (χ1n) is 5.30. The highest BCUT2D eigenvalue weighted by Gasteiger charge is 2.07. The van der Waals surface area contributed by atoms with E-state index in [0.717, 1.165) is 26.1 Å². The Balaban J connectivity index is 2.14. The van der Waals surface area contributed by atoms with Gasteiger partial charge in [0.25, 0.3) is 0 Å². The molecule has 0 spiro atoms. The van der Waals surface area contributed by atoms with E-state index < -0.39 is 0 Å². The number of thiophene rings is 1. The molecular weight excluding hydrogens is 254 g/mol. The SMILES string of the molecule is Cc1cc(C)c(OCc2ccc(Cl)s2)c(N)c1. The molecule has 0 aliphatic carbocycles. The fourth-order valence-electron chi connectivity index (χ4n) is 1.76. The lowest BCUT2D eigenvalue weighted by molar-refractivity contribution is 0.309. The van der Waals surface area contributed by atoms with E-state index >= 15 is 0 Å². The lowest BCUT2D eigenvalue weighted by atomic mass is 10.1. The molecule has 2 aromatic rings. The standard InChI is InChI=1S/C13H14ClNOS/c1-8-5-9(2)13(11(15)6-8)16-7-10-3-4-12(14)17-10/h3-6H,7,15H2,1-2H3. The monoisotopic (exact) mass is 267 g/mol. The van der Waals surface area contributed by atoms with Crippen molar-refractivity contribution < 1.29 is 4.74 Å². The van der Waals surface area contributed by atoms with Crippen molar-refractivity contribution >= 4 is 28.6 Å². The molecule has 0 saturated heterocycles. The van der Waals surface area contributed by atoms with Gasteiger partial charge >= 0.3 is 0 Å². The summed E-state index contributed by atoms with van der Waals surface area (Å²) in [5.74, 6) is 0.764. The highest BCUT2D eigenvalue weighted by molar-refractivity contribution is 7.16. The Labute approximate surface area is 110 Å².